The van der Waals surface area contributed by atoms with Crippen LogP contribution >= 0.6 is 0 Å². The molecule has 0 saturated carbocycles. The second-order valence-electron chi connectivity index (χ2n) is 6.56. The molecule has 0 aromatic heterocycles. The molecular weight excluding hydrogens is 312 g/mol. The van der Waals surface area contributed by atoms with Crippen molar-refractivity contribution in [1.82, 2.24) is 0 Å². The quantitative estimate of drug-likeness (QED) is 0.451. The molecule has 0 amide bonds. The highest BCUT2D eigenvalue weighted by atomic mass is 32.2. The highest BCUT2D eigenvalue weighted by Crippen LogP contribution is 2.35. The summed E-state index contributed by atoms with van der Waals surface area (Å²) in [5.74, 6) is 0. The molecule has 1 saturated heterocycles. The Kier molecular flexibility index (Phi) is 4.90. The van der Waals surface area contributed by atoms with Crippen LogP contribution in [0, 0.1) is 6.92 Å². The van der Waals surface area contributed by atoms with Crippen LogP contribution in [-0.4, -0.2) is 27.2 Å². The maximum Gasteiger partial charge on any atom is 0.297 e. The number of benzene rings is 1. The van der Waals surface area contributed by atoms with E-state index in [2.05, 4.69) is 6.92 Å². The van der Waals surface area contributed by atoms with Crippen molar-refractivity contribution < 1.29 is 17.3 Å². The van der Waals surface area contributed by atoms with Crippen molar-refractivity contribution in [2.24, 2.45) is 0 Å². The standard InChI is InChI=1S/C18H24O4S/c1-13-7-9-16(10-8-13)23(19,20)21-12-18-17(22-18)11-15-6-4-3-5-14(15)2/h7-10,17-18H,3-6,11-12H2,1-2H3/t17-,18-/m0/s1. The van der Waals surface area contributed by atoms with Crippen LogP contribution in [0.2, 0.25) is 0 Å². The average Bonchev–Trinajstić information content (AvgIpc) is 3.26. The van der Waals surface area contributed by atoms with E-state index in [1.54, 1.807) is 24.3 Å². The number of allylic oxidation sites excluding steroid dienone is 1. The van der Waals surface area contributed by atoms with Crippen molar-refractivity contribution in [3.8, 4) is 0 Å². The summed E-state index contributed by atoms with van der Waals surface area (Å²) in [5.41, 5.74) is 3.99. The van der Waals surface area contributed by atoms with E-state index in [4.69, 9.17) is 8.92 Å². The molecule has 0 unspecified atom stereocenters. The maximum atomic E-state index is 12.1. The van der Waals surface area contributed by atoms with Crippen LogP contribution in [0.4, 0.5) is 0 Å². The van der Waals surface area contributed by atoms with Crippen LogP contribution in [0.5, 0.6) is 0 Å². The fraction of sp³-hybridized carbons (Fsp3) is 0.556. The van der Waals surface area contributed by atoms with Gasteiger partial charge in [-0.3, -0.25) is 4.18 Å². The second kappa shape index (κ2) is 6.75. The van der Waals surface area contributed by atoms with Crippen LogP contribution in [0.15, 0.2) is 40.3 Å². The number of epoxide rings is 1. The predicted molar refractivity (Wildman–Crippen MR) is 88.8 cm³/mol. The van der Waals surface area contributed by atoms with E-state index >= 15 is 0 Å². The first-order valence-electron chi connectivity index (χ1n) is 8.25. The Morgan fingerprint density at radius 2 is 1.78 bits per heavy atom. The fourth-order valence-electron chi connectivity index (χ4n) is 3.07. The molecule has 1 aromatic rings. The van der Waals surface area contributed by atoms with Gasteiger partial charge in [-0.15, -0.1) is 0 Å². The lowest BCUT2D eigenvalue weighted by Crippen LogP contribution is -2.13. The average molecular weight is 336 g/mol. The number of hydrogen-bond donors (Lipinski definition) is 0. The van der Waals surface area contributed by atoms with Gasteiger partial charge in [0.05, 0.1) is 17.6 Å². The van der Waals surface area contributed by atoms with Gasteiger partial charge in [0.2, 0.25) is 0 Å². The van der Waals surface area contributed by atoms with Crippen molar-refractivity contribution in [3.63, 3.8) is 0 Å². The molecule has 0 radical (unpaired) electrons. The lowest BCUT2D eigenvalue weighted by molar-refractivity contribution is 0.263. The molecule has 1 aliphatic carbocycles. The van der Waals surface area contributed by atoms with Gasteiger partial charge in [-0.25, -0.2) is 0 Å². The Labute approximate surface area is 138 Å². The Morgan fingerprint density at radius 3 is 2.48 bits per heavy atom. The molecule has 5 heteroatoms. The zero-order chi connectivity index (χ0) is 16.4. The van der Waals surface area contributed by atoms with Crippen LogP contribution in [0.1, 0.15) is 44.6 Å². The molecule has 1 heterocycles. The van der Waals surface area contributed by atoms with Crippen LogP contribution < -0.4 is 0 Å². The Balaban J connectivity index is 1.51. The molecule has 2 aliphatic rings. The summed E-state index contributed by atoms with van der Waals surface area (Å²) in [7, 11) is -3.69. The first kappa shape index (κ1) is 16.7. The molecule has 23 heavy (non-hydrogen) atoms. The van der Waals surface area contributed by atoms with E-state index in [1.807, 2.05) is 6.92 Å². The smallest absolute Gasteiger partial charge is 0.297 e. The van der Waals surface area contributed by atoms with Gasteiger partial charge in [0.25, 0.3) is 10.1 Å². The number of rotatable bonds is 6. The van der Waals surface area contributed by atoms with Gasteiger partial charge in [0.1, 0.15) is 6.10 Å². The zero-order valence-corrected chi connectivity index (χ0v) is 14.6. The van der Waals surface area contributed by atoms with E-state index in [1.165, 1.54) is 30.4 Å². The summed E-state index contributed by atoms with van der Waals surface area (Å²) in [5, 5.41) is 0. The van der Waals surface area contributed by atoms with Gasteiger partial charge < -0.3 is 4.74 Å². The SMILES string of the molecule is CC1=C(C[C@@H]2O[C@H]2COS(=O)(=O)c2ccc(C)cc2)CCCC1. The monoisotopic (exact) mass is 336 g/mol. The van der Waals surface area contributed by atoms with E-state index in [0.29, 0.717) is 0 Å². The van der Waals surface area contributed by atoms with Crippen LogP contribution in [0.3, 0.4) is 0 Å². The van der Waals surface area contributed by atoms with Gasteiger partial charge >= 0.3 is 0 Å². The molecule has 3 rings (SSSR count). The molecule has 4 nitrogen and oxygen atoms in total. The van der Waals surface area contributed by atoms with Crippen molar-refractivity contribution in [3.05, 3.63) is 41.0 Å². The van der Waals surface area contributed by atoms with E-state index in [9.17, 15) is 8.42 Å². The Hall–Kier alpha value is -1.17. The molecule has 126 valence electrons. The molecule has 0 bridgehead atoms. The normalized spacial score (nSPS) is 24.8. The topological polar surface area (TPSA) is 55.9 Å². The van der Waals surface area contributed by atoms with Gasteiger partial charge in [0.15, 0.2) is 0 Å². The molecule has 1 aliphatic heterocycles. The number of aryl methyl sites for hydroxylation is 1. The minimum atomic E-state index is -3.69. The van der Waals surface area contributed by atoms with Crippen molar-refractivity contribution in [1.29, 1.82) is 0 Å². The summed E-state index contributed by atoms with van der Waals surface area (Å²) in [6, 6.07) is 6.69. The van der Waals surface area contributed by atoms with E-state index in [-0.39, 0.29) is 23.7 Å². The number of hydrogen-bond acceptors (Lipinski definition) is 4. The van der Waals surface area contributed by atoms with E-state index < -0.39 is 10.1 Å². The van der Waals surface area contributed by atoms with E-state index in [0.717, 1.165) is 18.4 Å². The highest BCUT2D eigenvalue weighted by Gasteiger charge is 2.40. The van der Waals surface area contributed by atoms with Gasteiger partial charge in [-0.05, 0) is 58.1 Å². The molecule has 1 aromatic carbocycles. The highest BCUT2D eigenvalue weighted by molar-refractivity contribution is 7.86. The Morgan fingerprint density at radius 1 is 1.09 bits per heavy atom. The molecule has 0 spiro atoms. The van der Waals surface area contributed by atoms with Crippen molar-refractivity contribution in [2.75, 3.05) is 6.61 Å². The van der Waals surface area contributed by atoms with Crippen molar-refractivity contribution in [2.45, 2.75) is 63.1 Å². The van der Waals surface area contributed by atoms with Gasteiger partial charge in [-0.2, -0.15) is 8.42 Å². The Bertz CT molecular complexity index is 688. The minimum absolute atomic E-state index is 0.0996. The predicted octanol–water partition coefficient (Wildman–Crippen LogP) is 3.75. The van der Waals surface area contributed by atoms with Crippen molar-refractivity contribution >= 4 is 10.1 Å². The third-order valence-electron chi connectivity index (χ3n) is 4.72. The third-order valence-corrected chi connectivity index (χ3v) is 6.01. The van der Waals surface area contributed by atoms with Crippen LogP contribution in [0.25, 0.3) is 0 Å². The zero-order valence-electron chi connectivity index (χ0n) is 13.7. The van der Waals surface area contributed by atoms with Gasteiger partial charge in [-0.1, -0.05) is 28.8 Å². The lowest BCUT2D eigenvalue weighted by atomic mass is 9.90. The molecule has 0 N–H and O–H groups in total. The third kappa shape index (κ3) is 4.22. The summed E-state index contributed by atoms with van der Waals surface area (Å²) in [6.45, 7) is 4.22. The fourth-order valence-corrected chi connectivity index (χ4v) is 3.99. The number of ether oxygens (including phenoxy) is 1. The summed E-state index contributed by atoms with van der Waals surface area (Å²) >= 11 is 0. The first-order chi connectivity index (χ1) is 11.0. The summed E-state index contributed by atoms with van der Waals surface area (Å²) < 4.78 is 35.0. The van der Waals surface area contributed by atoms with Crippen LogP contribution in [-0.2, 0) is 19.0 Å². The lowest BCUT2D eigenvalue weighted by Gasteiger charge is -2.16. The second-order valence-corrected chi connectivity index (χ2v) is 8.18. The molecular formula is C18H24O4S. The summed E-state index contributed by atoms with van der Waals surface area (Å²) in [4.78, 5) is 0.200. The molecule has 1 fully saturated rings. The largest absolute Gasteiger partial charge is 0.367 e. The maximum absolute atomic E-state index is 12.1. The molecule has 2 atom stereocenters. The minimum Gasteiger partial charge on any atom is -0.367 e. The van der Waals surface area contributed by atoms with Gasteiger partial charge in [0, 0.05) is 0 Å². The summed E-state index contributed by atoms with van der Waals surface area (Å²) in [6.07, 6.45) is 5.81. The first-order valence-corrected chi connectivity index (χ1v) is 9.65.